The maximum absolute atomic E-state index is 11.1. The number of ether oxygens (including phenoxy) is 1. The van der Waals surface area contributed by atoms with E-state index in [-0.39, 0.29) is 12.1 Å². The minimum atomic E-state index is -0.0813. The summed E-state index contributed by atoms with van der Waals surface area (Å²) in [5.41, 5.74) is 0.934. The highest BCUT2D eigenvalue weighted by Crippen LogP contribution is 2.35. The van der Waals surface area contributed by atoms with Crippen molar-refractivity contribution in [3.8, 4) is 0 Å². The first kappa shape index (κ1) is 6.89. The number of esters is 1. The quantitative estimate of drug-likeness (QED) is 0.493. The van der Waals surface area contributed by atoms with Crippen LogP contribution in [0.5, 0.6) is 0 Å². The van der Waals surface area contributed by atoms with E-state index in [0.717, 1.165) is 18.4 Å². The second-order valence-electron chi connectivity index (χ2n) is 3.31. The van der Waals surface area contributed by atoms with Crippen LogP contribution in [-0.4, -0.2) is 12.1 Å². The molecular formula is C9H12O2. The van der Waals surface area contributed by atoms with Gasteiger partial charge in [0.2, 0.25) is 0 Å². The molecule has 11 heavy (non-hydrogen) atoms. The summed E-state index contributed by atoms with van der Waals surface area (Å²) in [7, 11) is 0. The topological polar surface area (TPSA) is 26.3 Å². The second-order valence-corrected chi connectivity index (χ2v) is 3.31. The summed E-state index contributed by atoms with van der Waals surface area (Å²) in [4.78, 5) is 11.1. The summed E-state index contributed by atoms with van der Waals surface area (Å²) in [5.74, 6) is 0.318. The van der Waals surface area contributed by atoms with Gasteiger partial charge in [0.25, 0.3) is 0 Å². The van der Waals surface area contributed by atoms with E-state index in [1.165, 1.54) is 6.42 Å². The zero-order valence-corrected chi connectivity index (χ0v) is 6.67. The summed E-state index contributed by atoms with van der Waals surface area (Å²) >= 11 is 0. The highest BCUT2D eigenvalue weighted by Gasteiger charge is 2.37. The van der Waals surface area contributed by atoms with E-state index >= 15 is 0 Å². The highest BCUT2D eigenvalue weighted by molar-refractivity contribution is 5.91. The Kier molecular flexibility index (Phi) is 1.48. The maximum Gasteiger partial charge on any atom is 0.334 e. The fourth-order valence-electron chi connectivity index (χ4n) is 1.94. The third-order valence-corrected chi connectivity index (χ3v) is 2.58. The molecule has 2 nitrogen and oxygen atoms in total. The van der Waals surface area contributed by atoms with E-state index in [2.05, 4.69) is 0 Å². The summed E-state index contributed by atoms with van der Waals surface area (Å²) < 4.78 is 5.10. The third-order valence-electron chi connectivity index (χ3n) is 2.58. The zero-order valence-electron chi connectivity index (χ0n) is 6.67. The van der Waals surface area contributed by atoms with Crippen LogP contribution in [0.2, 0.25) is 0 Å². The van der Waals surface area contributed by atoms with E-state index in [0.29, 0.717) is 5.92 Å². The lowest BCUT2D eigenvalue weighted by molar-refractivity contribution is -0.138. The molecule has 0 aromatic heterocycles. The average Bonchev–Trinajstić information content (AvgIpc) is 2.30. The Morgan fingerprint density at radius 1 is 1.64 bits per heavy atom. The van der Waals surface area contributed by atoms with Gasteiger partial charge in [-0.1, -0.05) is 6.08 Å². The Hall–Kier alpha value is -0.790. The molecule has 0 bridgehead atoms. The van der Waals surface area contributed by atoms with Crippen LogP contribution in [0.15, 0.2) is 11.6 Å². The predicted octanol–water partition coefficient (Wildman–Crippen LogP) is 1.66. The standard InChI is InChI=1S/C9H12O2/c1-6-7-4-2-3-5-8(7)9(10)11-6/h5-7H,2-4H2,1H3. The van der Waals surface area contributed by atoms with Crippen molar-refractivity contribution in [2.45, 2.75) is 32.3 Å². The first-order chi connectivity index (χ1) is 5.29. The van der Waals surface area contributed by atoms with E-state index < -0.39 is 0 Å². The van der Waals surface area contributed by atoms with Crippen LogP contribution in [-0.2, 0) is 9.53 Å². The number of hydrogen-bond acceptors (Lipinski definition) is 2. The smallest absolute Gasteiger partial charge is 0.334 e. The molecule has 1 aliphatic carbocycles. The fourth-order valence-corrected chi connectivity index (χ4v) is 1.94. The first-order valence-electron chi connectivity index (χ1n) is 4.20. The second kappa shape index (κ2) is 2.36. The lowest BCUT2D eigenvalue weighted by Gasteiger charge is -2.16. The Labute approximate surface area is 66.2 Å². The SMILES string of the molecule is CC1OC(=O)C2=CCCCC21. The Balaban J connectivity index is 2.29. The molecule has 0 saturated carbocycles. The maximum atomic E-state index is 11.1. The number of allylic oxidation sites excluding steroid dienone is 1. The molecule has 2 unspecified atom stereocenters. The van der Waals surface area contributed by atoms with Crippen LogP contribution in [0.1, 0.15) is 26.2 Å². The highest BCUT2D eigenvalue weighted by atomic mass is 16.5. The normalized spacial score (nSPS) is 36.1. The van der Waals surface area contributed by atoms with E-state index in [1.54, 1.807) is 0 Å². The van der Waals surface area contributed by atoms with Gasteiger partial charge in [0, 0.05) is 11.5 Å². The van der Waals surface area contributed by atoms with Gasteiger partial charge in [-0.2, -0.15) is 0 Å². The molecule has 0 N–H and O–H groups in total. The summed E-state index contributed by atoms with van der Waals surface area (Å²) in [6, 6.07) is 0. The van der Waals surface area contributed by atoms with Crippen LogP contribution < -0.4 is 0 Å². The molecule has 2 atom stereocenters. The van der Waals surface area contributed by atoms with Crippen LogP contribution in [0.4, 0.5) is 0 Å². The molecule has 2 heteroatoms. The summed E-state index contributed by atoms with van der Waals surface area (Å²) in [6.45, 7) is 1.98. The molecule has 0 radical (unpaired) electrons. The Bertz CT molecular complexity index is 218. The molecule has 1 heterocycles. The van der Waals surface area contributed by atoms with Gasteiger partial charge in [-0.3, -0.25) is 0 Å². The van der Waals surface area contributed by atoms with Crippen LogP contribution in [0, 0.1) is 5.92 Å². The van der Waals surface area contributed by atoms with Crippen molar-refractivity contribution in [1.82, 2.24) is 0 Å². The van der Waals surface area contributed by atoms with Crippen molar-refractivity contribution in [3.63, 3.8) is 0 Å². The monoisotopic (exact) mass is 152 g/mol. The molecule has 1 fully saturated rings. The van der Waals surface area contributed by atoms with Crippen molar-refractivity contribution in [2.75, 3.05) is 0 Å². The summed E-state index contributed by atoms with van der Waals surface area (Å²) in [5, 5.41) is 0. The van der Waals surface area contributed by atoms with Gasteiger partial charge in [-0.15, -0.1) is 0 Å². The van der Waals surface area contributed by atoms with E-state index in [1.807, 2.05) is 13.0 Å². The van der Waals surface area contributed by atoms with Crippen LogP contribution in [0.3, 0.4) is 0 Å². The van der Waals surface area contributed by atoms with Gasteiger partial charge >= 0.3 is 5.97 Å². The van der Waals surface area contributed by atoms with Gasteiger partial charge in [0.15, 0.2) is 0 Å². The predicted molar refractivity (Wildman–Crippen MR) is 41.0 cm³/mol. The summed E-state index contributed by atoms with van der Waals surface area (Å²) in [6.07, 6.45) is 5.54. The molecular weight excluding hydrogens is 140 g/mol. The molecule has 0 amide bonds. The van der Waals surface area contributed by atoms with Crippen molar-refractivity contribution >= 4 is 5.97 Å². The fraction of sp³-hybridized carbons (Fsp3) is 0.667. The lowest BCUT2D eigenvalue weighted by atomic mass is 9.86. The molecule has 1 saturated heterocycles. The number of cyclic esters (lactones) is 1. The Morgan fingerprint density at radius 3 is 3.18 bits per heavy atom. The van der Waals surface area contributed by atoms with Gasteiger partial charge < -0.3 is 4.74 Å². The number of hydrogen-bond donors (Lipinski definition) is 0. The van der Waals surface area contributed by atoms with Crippen LogP contribution >= 0.6 is 0 Å². The van der Waals surface area contributed by atoms with Gasteiger partial charge in [0.1, 0.15) is 6.10 Å². The number of carbonyl (C=O) groups excluding carboxylic acids is 1. The van der Waals surface area contributed by atoms with Crippen molar-refractivity contribution in [3.05, 3.63) is 11.6 Å². The lowest BCUT2D eigenvalue weighted by Crippen LogP contribution is -2.14. The number of rotatable bonds is 0. The van der Waals surface area contributed by atoms with Gasteiger partial charge in [0.05, 0.1) is 0 Å². The van der Waals surface area contributed by atoms with Crippen molar-refractivity contribution in [1.29, 1.82) is 0 Å². The zero-order chi connectivity index (χ0) is 7.84. The largest absolute Gasteiger partial charge is 0.459 e. The van der Waals surface area contributed by atoms with E-state index in [9.17, 15) is 4.79 Å². The molecule has 60 valence electrons. The molecule has 0 aromatic carbocycles. The molecule has 1 aliphatic heterocycles. The minimum Gasteiger partial charge on any atom is -0.459 e. The molecule has 2 rings (SSSR count). The van der Waals surface area contributed by atoms with Gasteiger partial charge in [-0.25, -0.2) is 4.79 Å². The minimum absolute atomic E-state index is 0.0813. The third kappa shape index (κ3) is 0.971. The van der Waals surface area contributed by atoms with Gasteiger partial charge in [-0.05, 0) is 26.2 Å². The van der Waals surface area contributed by atoms with Crippen molar-refractivity contribution in [2.24, 2.45) is 5.92 Å². The first-order valence-corrected chi connectivity index (χ1v) is 4.20. The van der Waals surface area contributed by atoms with Crippen LogP contribution in [0.25, 0.3) is 0 Å². The number of carbonyl (C=O) groups is 1. The Morgan fingerprint density at radius 2 is 2.45 bits per heavy atom. The van der Waals surface area contributed by atoms with E-state index in [4.69, 9.17) is 4.74 Å². The van der Waals surface area contributed by atoms with Crippen molar-refractivity contribution < 1.29 is 9.53 Å². The average molecular weight is 152 g/mol. The molecule has 0 aromatic rings. The molecule has 2 aliphatic rings. The number of fused-ring (bicyclic) bond motifs is 1. The molecule has 0 spiro atoms.